The van der Waals surface area contributed by atoms with Gasteiger partial charge >= 0.3 is 0 Å². The van der Waals surface area contributed by atoms with Gasteiger partial charge in [0.25, 0.3) is 0 Å². The molecule has 4 atom stereocenters. The maximum absolute atomic E-state index is 14.3. The quantitative estimate of drug-likeness (QED) is 0.471. The molecule has 2 saturated heterocycles. The molecule has 1 N–H and O–H groups in total. The number of hydrogen-bond donors (Lipinski definition) is 1. The van der Waals surface area contributed by atoms with Crippen LogP contribution in [0.2, 0.25) is 10.0 Å². The van der Waals surface area contributed by atoms with E-state index in [2.05, 4.69) is 0 Å². The zero-order valence-electron chi connectivity index (χ0n) is 27.8. The second-order valence-corrected chi connectivity index (χ2v) is 11.0. The molecule has 2 heterocycles. The normalized spacial score (nSPS) is 34.2. The van der Waals surface area contributed by atoms with Crippen LogP contribution in [0.15, 0.2) is 41.3 Å². The zero-order valence-corrected chi connectivity index (χ0v) is 23.2. The highest BCUT2D eigenvalue weighted by Crippen LogP contribution is 2.39. The van der Waals surface area contributed by atoms with E-state index in [9.17, 15) is 22.4 Å². The van der Waals surface area contributed by atoms with Gasteiger partial charge in [0.15, 0.2) is 11.5 Å². The third-order valence-electron chi connectivity index (χ3n) is 5.84. The van der Waals surface area contributed by atoms with Crippen molar-refractivity contribution in [3.63, 3.8) is 0 Å². The molecule has 0 spiro atoms. The number of methoxy groups -OCH3 is 2. The highest BCUT2D eigenvalue weighted by atomic mass is 35.5. The molecule has 12 heteroatoms. The fraction of sp³-hybridized carbons (Fsp3) is 0.500. The number of halogens is 2. The van der Waals surface area contributed by atoms with Crippen molar-refractivity contribution in [1.29, 1.82) is 0 Å². The van der Waals surface area contributed by atoms with Crippen LogP contribution < -0.4 is 14.2 Å². The monoisotopic (exact) mass is 593 g/mol. The predicted octanol–water partition coefficient (Wildman–Crippen LogP) is 3.84. The fourth-order valence-electron chi connectivity index (χ4n) is 4.07. The SMILES string of the molecule is [2H]C1([2H])N(CCOc2ccc(OC)c(OC)c2)C(=O)[C@]2([2H])CCC([2H])([2H])[C@@]([2H])(N2S(=O)(=O)c2cc(Cl)cc(Cl)c2)[C@@]1([2H])[C@@H](C)O. The summed E-state index contributed by atoms with van der Waals surface area (Å²) < 4.78 is 108. The maximum Gasteiger partial charge on any atom is 0.244 e. The number of aliphatic hydroxyl groups excluding tert-OH is 1. The van der Waals surface area contributed by atoms with Gasteiger partial charge in [-0.05, 0) is 56.5 Å². The number of nitrogens with zero attached hydrogens (tertiary/aromatic N) is 2. The summed E-state index contributed by atoms with van der Waals surface area (Å²) >= 11 is 12.1. The van der Waals surface area contributed by atoms with Crippen molar-refractivity contribution in [2.75, 3.05) is 33.9 Å². The number of benzene rings is 2. The molecule has 1 amide bonds. The number of ether oxygens (including phenoxy) is 3. The van der Waals surface area contributed by atoms with Gasteiger partial charge < -0.3 is 24.2 Å². The summed E-state index contributed by atoms with van der Waals surface area (Å²) in [6.45, 7) is -3.70. The Morgan fingerprint density at radius 1 is 1.16 bits per heavy atom. The summed E-state index contributed by atoms with van der Waals surface area (Å²) in [6.07, 6.45) is -6.92. The van der Waals surface area contributed by atoms with Gasteiger partial charge in [-0.15, -0.1) is 0 Å². The first kappa shape index (κ1) is 20.6. The van der Waals surface area contributed by atoms with Gasteiger partial charge in [-0.25, -0.2) is 8.42 Å². The maximum atomic E-state index is 14.3. The Morgan fingerprint density at radius 3 is 2.47 bits per heavy atom. The minimum atomic E-state index is -5.32. The van der Waals surface area contributed by atoms with Crippen molar-refractivity contribution >= 4 is 39.1 Å². The van der Waals surface area contributed by atoms with Crippen LogP contribution in [0.3, 0.4) is 0 Å². The van der Waals surface area contributed by atoms with Crippen LogP contribution in [0.5, 0.6) is 17.2 Å². The number of carbonyl (C=O) groups excluding carboxylic acids is 1. The minimum Gasteiger partial charge on any atom is -0.493 e. The molecule has 0 aliphatic carbocycles. The van der Waals surface area contributed by atoms with Crippen molar-refractivity contribution in [2.24, 2.45) is 5.89 Å². The zero-order chi connectivity index (χ0) is 34.0. The van der Waals surface area contributed by atoms with Gasteiger partial charge in [0.1, 0.15) is 18.4 Å². The minimum absolute atomic E-state index is 0.0897. The molecule has 2 aliphatic rings. The van der Waals surface area contributed by atoms with E-state index in [1.165, 1.54) is 38.5 Å². The third-order valence-corrected chi connectivity index (χ3v) is 7.99. The lowest BCUT2D eigenvalue weighted by Crippen LogP contribution is -2.55. The lowest BCUT2D eigenvalue weighted by atomic mass is 9.87. The number of amides is 1. The van der Waals surface area contributed by atoms with Crippen LogP contribution in [0, 0.1) is 5.89 Å². The Balaban J connectivity index is 1.91. The van der Waals surface area contributed by atoms with E-state index >= 15 is 0 Å². The molecule has 2 aliphatic heterocycles. The molecule has 0 aromatic heterocycles. The van der Waals surface area contributed by atoms with E-state index in [0.29, 0.717) is 16.4 Å². The number of fused-ring (bicyclic) bond motifs is 2. The Kier molecular flexibility index (Phi) is 6.45. The Bertz CT molecular complexity index is 1580. The topological polar surface area (TPSA) is 106 Å². The Labute approximate surface area is 243 Å². The van der Waals surface area contributed by atoms with Crippen molar-refractivity contribution in [3.8, 4) is 17.2 Å². The first-order chi connectivity index (χ1) is 20.7. The molecule has 4 rings (SSSR count). The summed E-state index contributed by atoms with van der Waals surface area (Å²) in [5.41, 5.74) is 0. The van der Waals surface area contributed by atoms with Gasteiger partial charge in [-0.3, -0.25) is 4.79 Å². The number of sulfonamides is 1. The smallest absolute Gasteiger partial charge is 0.244 e. The second-order valence-electron chi connectivity index (χ2n) is 8.37. The van der Waals surface area contributed by atoms with Crippen LogP contribution in [0.1, 0.15) is 35.7 Å². The number of hydrogen-bond acceptors (Lipinski definition) is 7. The Hall–Kier alpha value is -2.24. The summed E-state index contributed by atoms with van der Waals surface area (Å²) in [5.74, 6) is -4.03. The Morgan fingerprint density at radius 2 is 1.84 bits per heavy atom. The highest BCUT2D eigenvalue weighted by molar-refractivity contribution is 7.89. The van der Waals surface area contributed by atoms with Gasteiger partial charge in [-0.1, -0.05) is 23.2 Å². The van der Waals surface area contributed by atoms with Crippen molar-refractivity contribution < 1.29 is 42.1 Å². The summed E-state index contributed by atoms with van der Waals surface area (Å²) in [6, 6.07) is 0.870. The summed E-state index contributed by atoms with van der Waals surface area (Å²) in [7, 11) is -2.49. The van der Waals surface area contributed by atoms with E-state index in [1.54, 1.807) is 0 Å². The molecule has 2 bridgehead atoms. The standard InChI is InChI=1S/C26H32Cl2N2O7S/c1-16(31)21-15-29(9-10-37-19-7-8-24(35-2)25(14-19)36-3)26(32)23-6-4-5-22(21)30(23)38(33,34)20-12-17(27)11-18(28)13-20/h7-8,11-14,16,21-23,31H,4-6,9-10,15H2,1-3H3/t16-,21-,22-,23+/m1/s1/i5D2,15D2,21D,22D,23D. The van der Waals surface area contributed by atoms with E-state index in [-0.39, 0.29) is 20.1 Å². The lowest BCUT2D eigenvalue weighted by Gasteiger charge is -2.41. The van der Waals surface area contributed by atoms with Crippen molar-refractivity contribution in [2.45, 2.75) is 49.2 Å². The van der Waals surface area contributed by atoms with Gasteiger partial charge in [0.2, 0.25) is 15.9 Å². The van der Waals surface area contributed by atoms with E-state index < -0.39 is 83.7 Å². The average Bonchev–Trinajstić information content (AvgIpc) is 2.97. The first-order valence-corrected chi connectivity index (χ1v) is 13.7. The molecular formula is C26H32Cl2N2O7S. The molecule has 9 nitrogen and oxygen atoms in total. The second kappa shape index (κ2) is 11.9. The van der Waals surface area contributed by atoms with Crippen LogP contribution in [0.4, 0.5) is 0 Å². The molecule has 2 fully saturated rings. The van der Waals surface area contributed by atoms with Crippen molar-refractivity contribution in [1.82, 2.24) is 9.21 Å². The third kappa shape index (κ3) is 5.84. The fourth-order valence-corrected chi connectivity index (χ4v) is 6.35. The summed E-state index contributed by atoms with van der Waals surface area (Å²) in [4.78, 5) is 13.9. The van der Waals surface area contributed by atoms with Crippen molar-refractivity contribution in [3.05, 3.63) is 46.4 Å². The van der Waals surface area contributed by atoms with Gasteiger partial charge in [-0.2, -0.15) is 4.31 Å². The number of carbonyl (C=O) groups is 1. The first-order valence-electron chi connectivity index (χ1n) is 15.0. The van der Waals surface area contributed by atoms with Gasteiger partial charge in [0, 0.05) is 42.7 Å². The van der Waals surface area contributed by atoms with E-state index in [4.69, 9.17) is 42.9 Å². The van der Waals surface area contributed by atoms with Crippen LogP contribution in [-0.2, 0) is 14.8 Å². The molecule has 0 saturated carbocycles. The predicted molar refractivity (Wildman–Crippen MR) is 144 cm³/mol. The summed E-state index contributed by atoms with van der Waals surface area (Å²) in [5, 5.41) is 10.7. The molecule has 2 aromatic rings. The molecule has 2 aromatic carbocycles. The number of aliphatic hydroxyl groups is 1. The molecule has 38 heavy (non-hydrogen) atoms. The molecule has 0 radical (unpaired) electrons. The van der Waals surface area contributed by atoms with Crippen LogP contribution in [0.25, 0.3) is 0 Å². The van der Waals surface area contributed by atoms with Crippen LogP contribution in [-0.4, -0.2) is 80.6 Å². The average molecular weight is 595 g/mol. The van der Waals surface area contributed by atoms with E-state index in [0.717, 1.165) is 19.1 Å². The molecule has 208 valence electrons. The molecular weight excluding hydrogens is 555 g/mol. The number of piperidine rings is 1. The molecule has 0 unspecified atom stereocenters. The largest absolute Gasteiger partial charge is 0.493 e. The van der Waals surface area contributed by atoms with Crippen LogP contribution >= 0.6 is 23.2 Å². The van der Waals surface area contributed by atoms with E-state index in [1.807, 2.05) is 0 Å². The lowest BCUT2D eigenvalue weighted by molar-refractivity contribution is -0.135. The number of rotatable bonds is 9. The highest BCUT2D eigenvalue weighted by Gasteiger charge is 2.51. The van der Waals surface area contributed by atoms with Gasteiger partial charge in [0.05, 0.1) is 33.1 Å².